The van der Waals surface area contributed by atoms with Gasteiger partial charge < -0.3 is 20.1 Å². The van der Waals surface area contributed by atoms with E-state index >= 15 is 0 Å². The molecular formula is C14H29N3O2. The minimum absolute atomic E-state index is 0.687. The second kappa shape index (κ2) is 11.2. The molecule has 0 fully saturated rings. The summed E-state index contributed by atoms with van der Waals surface area (Å²) >= 11 is 0. The van der Waals surface area contributed by atoms with E-state index in [-0.39, 0.29) is 0 Å². The van der Waals surface area contributed by atoms with Gasteiger partial charge in [0.15, 0.2) is 0 Å². The first-order valence-electron chi connectivity index (χ1n) is 6.96. The lowest BCUT2D eigenvalue weighted by Gasteiger charge is -2.22. The molecule has 112 valence electrons. The van der Waals surface area contributed by atoms with Crippen molar-refractivity contribution in [3.63, 3.8) is 0 Å². The zero-order valence-corrected chi connectivity index (χ0v) is 12.7. The highest BCUT2D eigenvalue weighted by Crippen LogP contribution is 2.10. The predicted molar refractivity (Wildman–Crippen MR) is 76.9 cm³/mol. The zero-order chi connectivity index (χ0) is 14.6. The maximum atomic E-state index is 8.85. The van der Waals surface area contributed by atoms with E-state index in [1.54, 1.807) is 21.1 Å². The Bertz CT molecular complexity index is 252. The molecule has 0 aromatic rings. The fourth-order valence-electron chi connectivity index (χ4n) is 1.87. The summed E-state index contributed by atoms with van der Waals surface area (Å²) in [6.45, 7) is 6.31. The minimum atomic E-state index is -0.687. The molecule has 0 amide bonds. The molecule has 19 heavy (non-hydrogen) atoms. The topological polar surface area (TPSA) is 71.5 Å². The molecule has 0 aliphatic heterocycles. The molecule has 5 nitrogen and oxygen atoms in total. The summed E-state index contributed by atoms with van der Waals surface area (Å²) in [7, 11) is 3.45. The first kappa shape index (κ1) is 18.3. The van der Waals surface area contributed by atoms with E-state index in [9.17, 15) is 0 Å². The molecule has 0 aliphatic carbocycles. The summed E-state index contributed by atoms with van der Waals surface area (Å²) in [6, 6.07) is 2.13. The third kappa shape index (κ3) is 10.9. The van der Waals surface area contributed by atoms with Crippen molar-refractivity contribution >= 4 is 0 Å². The Hall–Kier alpha value is -0.670. The quantitative estimate of drug-likeness (QED) is 0.543. The monoisotopic (exact) mass is 271 g/mol. The lowest BCUT2D eigenvalue weighted by molar-refractivity contribution is 0.131. The summed E-state index contributed by atoms with van der Waals surface area (Å²) < 4.78 is 10.2. The summed E-state index contributed by atoms with van der Waals surface area (Å²) in [5, 5.41) is 8.85. The van der Waals surface area contributed by atoms with E-state index in [2.05, 4.69) is 11.0 Å². The number of nitrogens with zero attached hydrogens (tertiary/aromatic N) is 2. The summed E-state index contributed by atoms with van der Waals surface area (Å²) in [5.41, 5.74) is 5.11. The van der Waals surface area contributed by atoms with Crippen molar-refractivity contribution in [1.82, 2.24) is 4.90 Å². The van der Waals surface area contributed by atoms with Crippen molar-refractivity contribution in [2.75, 3.05) is 47.1 Å². The van der Waals surface area contributed by atoms with Crippen LogP contribution in [-0.4, -0.2) is 57.5 Å². The van der Waals surface area contributed by atoms with Crippen LogP contribution in [0.4, 0.5) is 0 Å². The van der Waals surface area contributed by atoms with Crippen molar-refractivity contribution in [3.8, 4) is 6.07 Å². The number of rotatable bonds is 12. The van der Waals surface area contributed by atoms with E-state index in [4.69, 9.17) is 20.5 Å². The van der Waals surface area contributed by atoms with Gasteiger partial charge >= 0.3 is 0 Å². The van der Waals surface area contributed by atoms with Crippen molar-refractivity contribution in [1.29, 1.82) is 5.26 Å². The predicted octanol–water partition coefficient (Wildman–Crippen LogP) is 1.38. The number of nitrogens with two attached hydrogens (primary N) is 1. The molecule has 0 spiro atoms. The zero-order valence-electron chi connectivity index (χ0n) is 12.7. The van der Waals surface area contributed by atoms with Gasteiger partial charge in [-0.15, -0.1) is 0 Å². The second-order valence-corrected chi connectivity index (χ2v) is 5.17. The third-order valence-electron chi connectivity index (χ3n) is 3.11. The molecule has 0 aromatic heterocycles. The number of unbranched alkanes of at least 4 members (excludes halogenated alkanes) is 1. The fraction of sp³-hybridized carbons (Fsp3) is 0.929. The van der Waals surface area contributed by atoms with Gasteiger partial charge in [-0.05, 0) is 39.2 Å². The van der Waals surface area contributed by atoms with Crippen LogP contribution in [0.1, 0.15) is 32.6 Å². The average molecular weight is 271 g/mol. The van der Waals surface area contributed by atoms with E-state index in [1.165, 1.54) is 0 Å². The molecule has 0 saturated carbocycles. The Kier molecular flexibility index (Phi) is 10.8. The molecule has 2 N–H and O–H groups in total. The second-order valence-electron chi connectivity index (χ2n) is 5.17. The maximum absolute atomic E-state index is 8.85. The maximum Gasteiger partial charge on any atom is 0.101 e. The molecule has 0 saturated heterocycles. The fourth-order valence-corrected chi connectivity index (χ4v) is 1.87. The first-order chi connectivity index (χ1) is 9.05. The summed E-state index contributed by atoms with van der Waals surface area (Å²) in [6.07, 6.45) is 3.83. The summed E-state index contributed by atoms with van der Waals surface area (Å²) in [5.74, 6) is 0. The molecular weight excluding hydrogens is 242 g/mol. The van der Waals surface area contributed by atoms with Gasteiger partial charge in [0.25, 0.3) is 0 Å². The van der Waals surface area contributed by atoms with Crippen LogP contribution < -0.4 is 5.73 Å². The van der Waals surface area contributed by atoms with Crippen LogP contribution >= 0.6 is 0 Å². The van der Waals surface area contributed by atoms with Crippen molar-refractivity contribution in [2.24, 2.45) is 5.73 Å². The first-order valence-corrected chi connectivity index (χ1v) is 6.96. The van der Waals surface area contributed by atoms with Gasteiger partial charge in [0.1, 0.15) is 5.54 Å². The largest absolute Gasteiger partial charge is 0.385 e. The standard InChI is InChI=1S/C14H29N3O2/c1-14(16,13-15)7-4-5-8-17(10-12-19-3)9-6-11-18-2/h4-12,16H2,1-3H3. The van der Waals surface area contributed by atoms with Gasteiger partial charge in [0, 0.05) is 33.9 Å². The number of methoxy groups -OCH3 is 2. The van der Waals surface area contributed by atoms with Crippen molar-refractivity contribution in [3.05, 3.63) is 0 Å². The van der Waals surface area contributed by atoms with E-state index in [0.29, 0.717) is 0 Å². The lowest BCUT2D eigenvalue weighted by Crippen LogP contribution is -2.34. The third-order valence-corrected chi connectivity index (χ3v) is 3.11. The highest BCUT2D eigenvalue weighted by Gasteiger charge is 2.16. The highest BCUT2D eigenvalue weighted by molar-refractivity contribution is 5.00. The molecule has 1 unspecified atom stereocenters. The Morgan fingerprint density at radius 1 is 1.05 bits per heavy atom. The minimum Gasteiger partial charge on any atom is -0.385 e. The van der Waals surface area contributed by atoms with Crippen LogP contribution in [0.15, 0.2) is 0 Å². The van der Waals surface area contributed by atoms with Crippen molar-refractivity contribution < 1.29 is 9.47 Å². The van der Waals surface area contributed by atoms with Crippen LogP contribution in [-0.2, 0) is 9.47 Å². The smallest absolute Gasteiger partial charge is 0.101 e. The van der Waals surface area contributed by atoms with Crippen LogP contribution in [0.25, 0.3) is 0 Å². The lowest BCUT2D eigenvalue weighted by atomic mass is 9.98. The molecule has 0 radical (unpaired) electrons. The van der Waals surface area contributed by atoms with Gasteiger partial charge in [-0.1, -0.05) is 0 Å². The molecule has 0 bridgehead atoms. The van der Waals surface area contributed by atoms with Crippen LogP contribution in [0, 0.1) is 11.3 Å². The average Bonchev–Trinajstić information content (AvgIpc) is 2.40. The van der Waals surface area contributed by atoms with E-state index in [0.717, 1.165) is 58.5 Å². The van der Waals surface area contributed by atoms with Crippen LogP contribution in [0.3, 0.4) is 0 Å². The highest BCUT2D eigenvalue weighted by atomic mass is 16.5. The number of ether oxygens (including phenoxy) is 2. The molecule has 0 aliphatic rings. The molecule has 0 rings (SSSR count). The Morgan fingerprint density at radius 3 is 2.26 bits per heavy atom. The number of nitriles is 1. The van der Waals surface area contributed by atoms with Crippen LogP contribution in [0.5, 0.6) is 0 Å². The van der Waals surface area contributed by atoms with Gasteiger partial charge in [-0.2, -0.15) is 5.26 Å². The SMILES string of the molecule is COCCCN(CCCCC(C)(N)C#N)CCOC. The van der Waals surface area contributed by atoms with E-state index < -0.39 is 5.54 Å². The number of hydrogen-bond donors (Lipinski definition) is 1. The Balaban J connectivity index is 3.81. The van der Waals surface area contributed by atoms with Crippen LogP contribution in [0.2, 0.25) is 0 Å². The van der Waals surface area contributed by atoms with Gasteiger partial charge in [-0.3, -0.25) is 0 Å². The molecule has 0 heterocycles. The van der Waals surface area contributed by atoms with Crippen molar-refractivity contribution in [2.45, 2.75) is 38.1 Å². The Morgan fingerprint density at radius 2 is 1.68 bits per heavy atom. The van der Waals surface area contributed by atoms with Gasteiger partial charge in [-0.25, -0.2) is 0 Å². The van der Waals surface area contributed by atoms with Gasteiger partial charge in [0.2, 0.25) is 0 Å². The molecule has 1 atom stereocenters. The van der Waals surface area contributed by atoms with E-state index in [1.807, 2.05) is 0 Å². The van der Waals surface area contributed by atoms with Gasteiger partial charge in [0.05, 0.1) is 12.7 Å². The number of hydrogen-bond acceptors (Lipinski definition) is 5. The Labute approximate surface area is 117 Å². The molecule has 0 aromatic carbocycles. The molecule has 5 heteroatoms. The summed E-state index contributed by atoms with van der Waals surface area (Å²) in [4.78, 5) is 2.38. The normalized spacial score (nSPS) is 14.3.